The zero-order chi connectivity index (χ0) is 19.3. The highest BCUT2D eigenvalue weighted by atomic mass is 16.5. The molecule has 1 aromatic heterocycles. The maximum absolute atomic E-state index is 5.93. The fourth-order valence-corrected chi connectivity index (χ4v) is 2.82. The predicted octanol–water partition coefficient (Wildman–Crippen LogP) is 6.31. The molecule has 1 atom stereocenters. The molecule has 1 unspecified atom stereocenters. The summed E-state index contributed by atoms with van der Waals surface area (Å²) in [5, 5.41) is 0. The lowest BCUT2D eigenvalue weighted by Gasteiger charge is -2.13. The SMILES string of the molecule is CCCCCCC(C)COc1ccc(-c2ncc(OCCCC)cn2)cc1. The third kappa shape index (κ3) is 7.98. The minimum atomic E-state index is 0.588. The summed E-state index contributed by atoms with van der Waals surface area (Å²) in [5.41, 5.74) is 0.982. The number of unbranched alkanes of at least 4 members (excludes halogenated alkanes) is 4. The molecule has 0 N–H and O–H groups in total. The molecule has 148 valence electrons. The summed E-state index contributed by atoms with van der Waals surface area (Å²) in [7, 11) is 0. The molecule has 27 heavy (non-hydrogen) atoms. The summed E-state index contributed by atoms with van der Waals surface area (Å²) < 4.78 is 11.5. The van der Waals surface area contributed by atoms with E-state index in [1.165, 1.54) is 32.1 Å². The van der Waals surface area contributed by atoms with Gasteiger partial charge in [0.25, 0.3) is 0 Å². The van der Waals surface area contributed by atoms with E-state index in [4.69, 9.17) is 9.47 Å². The molecule has 1 aromatic carbocycles. The van der Waals surface area contributed by atoms with Crippen LogP contribution >= 0.6 is 0 Å². The molecule has 0 saturated carbocycles. The molecule has 4 heteroatoms. The van der Waals surface area contributed by atoms with Gasteiger partial charge in [-0.1, -0.05) is 52.9 Å². The molecule has 4 nitrogen and oxygen atoms in total. The van der Waals surface area contributed by atoms with Crippen molar-refractivity contribution in [2.45, 2.75) is 65.7 Å². The molecule has 2 rings (SSSR count). The van der Waals surface area contributed by atoms with Crippen molar-refractivity contribution in [1.29, 1.82) is 0 Å². The van der Waals surface area contributed by atoms with E-state index in [1.807, 2.05) is 24.3 Å². The summed E-state index contributed by atoms with van der Waals surface area (Å²) in [5.74, 6) is 2.91. The number of nitrogens with zero attached hydrogens (tertiary/aromatic N) is 2. The molecular formula is C23H34N2O2. The van der Waals surface area contributed by atoms with E-state index in [-0.39, 0.29) is 0 Å². The van der Waals surface area contributed by atoms with Crippen molar-refractivity contribution in [3.63, 3.8) is 0 Å². The summed E-state index contributed by atoms with van der Waals surface area (Å²) in [6.45, 7) is 8.13. The molecular weight excluding hydrogens is 336 g/mol. The van der Waals surface area contributed by atoms with Crippen molar-refractivity contribution in [2.75, 3.05) is 13.2 Å². The molecule has 2 aromatic rings. The van der Waals surface area contributed by atoms with Gasteiger partial charge in [-0.3, -0.25) is 0 Å². The molecule has 0 aliphatic heterocycles. The zero-order valence-corrected chi connectivity index (χ0v) is 17.1. The number of hydrogen-bond donors (Lipinski definition) is 0. The Kier molecular flexibility index (Phi) is 9.67. The third-order valence-corrected chi connectivity index (χ3v) is 4.59. The van der Waals surface area contributed by atoms with Gasteiger partial charge in [-0.25, -0.2) is 9.97 Å². The molecule has 0 fully saturated rings. The highest BCUT2D eigenvalue weighted by Crippen LogP contribution is 2.21. The molecule has 0 spiro atoms. The van der Waals surface area contributed by atoms with Crippen LogP contribution in [0.25, 0.3) is 11.4 Å². The van der Waals surface area contributed by atoms with E-state index in [0.717, 1.165) is 36.5 Å². The van der Waals surface area contributed by atoms with Crippen LogP contribution in [0.2, 0.25) is 0 Å². The Bertz CT molecular complexity index is 626. The quantitative estimate of drug-likeness (QED) is 0.388. The maximum Gasteiger partial charge on any atom is 0.159 e. The predicted molar refractivity (Wildman–Crippen MR) is 111 cm³/mol. The standard InChI is InChI=1S/C23H34N2O2/c1-4-6-8-9-10-19(3)18-27-21-13-11-20(12-14-21)23-24-16-22(17-25-23)26-15-7-5-2/h11-14,16-17,19H,4-10,15,18H2,1-3H3. The van der Waals surface area contributed by atoms with Crippen LogP contribution < -0.4 is 9.47 Å². The largest absolute Gasteiger partial charge is 0.493 e. The Morgan fingerprint density at radius 2 is 1.52 bits per heavy atom. The first-order valence-corrected chi connectivity index (χ1v) is 10.4. The van der Waals surface area contributed by atoms with Crippen molar-refractivity contribution < 1.29 is 9.47 Å². The van der Waals surface area contributed by atoms with Crippen LogP contribution in [0.1, 0.15) is 65.7 Å². The third-order valence-electron chi connectivity index (χ3n) is 4.59. The number of aromatic nitrogens is 2. The smallest absolute Gasteiger partial charge is 0.159 e. The van der Waals surface area contributed by atoms with Gasteiger partial charge in [-0.05, 0) is 43.0 Å². The van der Waals surface area contributed by atoms with Crippen molar-refractivity contribution in [1.82, 2.24) is 9.97 Å². The van der Waals surface area contributed by atoms with Crippen molar-refractivity contribution in [3.8, 4) is 22.9 Å². The van der Waals surface area contributed by atoms with Crippen LogP contribution in [0, 0.1) is 5.92 Å². The Hall–Kier alpha value is -2.10. The van der Waals surface area contributed by atoms with Crippen molar-refractivity contribution in [3.05, 3.63) is 36.7 Å². The zero-order valence-electron chi connectivity index (χ0n) is 17.1. The van der Waals surface area contributed by atoms with Crippen LogP contribution in [0.15, 0.2) is 36.7 Å². The fraction of sp³-hybridized carbons (Fsp3) is 0.565. The summed E-state index contributed by atoms with van der Waals surface area (Å²) in [4.78, 5) is 8.81. The first kappa shape index (κ1) is 21.2. The van der Waals surface area contributed by atoms with E-state index in [0.29, 0.717) is 18.3 Å². The van der Waals surface area contributed by atoms with E-state index in [9.17, 15) is 0 Å². The minimum Gasteiger partial charge on any atom is -0.493 e. The lowest BCUT2D eigenvalue weighted by molar-refractivity contribution is 0.249. The van der Waals surface area contributed by atoms with Gasteiger partial charge in [0.1, 0.15) is 5.75 Å². The number of benzene rings is 1. The molecule has 0 aliphatic rings. The van der Waals surface area contributed by atoms with Gasteiger partial charge in [0.2, 0.25) is 0 Å². The molecule has 0 radical (unpaired) electrons. The minimum absolute atomic E-state index is 0.588. The highest BCUT2D eigenvalue weighted by Gasteiger charge is 2.06. The molecule has 0 bridgehead atoms. The van der Waals surface area contributed by atoms with E-state index < -0.39 is 0 Å². The molecule has 0 amide bonds. The first-order chi connectivity index (χ1) is 13.2. The van der Waals surface area contributed by atoms with E-state index in [2.05, 4.69) is 30.7 Å². The van der Waals surface area contributed by atoms with Crippen LogP contribution in [-0.4, -0.2) is 23.2 Å². The van der Waals surface area contributed by atoms with Gasteiger partial charge >= 0.3 is 0 Å². The first-order valence-electron chi connectivity index (χ1n) is 10.4. The Morgan fingerprint density at radius 3 is 2.19 bits per heavy atom. The topological polar surface area (TPSA) is 44.2 Å². The van der Waals surface area contributed by atoms with Gasteiger partial charge < -0.3 is 9.47 Å². The Labute approximate surface area is 164 Å². The van der Waals surface area contributed by atoms with E-state index in [1.54, 1.807) is 12.4 Å². The number of hydrogen-bond acceptors (Lipinski definition) is 4. The fourth-order valence-electron chi connectivity index (χ4n) is 2.82. The molecule has 0 saturated heterocycles. The average molecular weight is 371 g/mol. The Balaban J connectivity index is 1.79. The normalized spacial score (nSPS) is 12.0. The second kappa shape index (κ2) is 12.3. The summed E-state index contributed by atoms with van der Waals surface area (Å²) >= 11 is 0. The molecule has 0 aliphatic carbocycles. The molecule has 1 heterocycles. The maximum atomic E-state index is 5.93. The summed E-state index contributed by atoms with van der Waals surface area (Å²) in [6.07, 6.45) is 12.1. The second-order valence-electron chi connectivity index (χ2n) is 7.23. The van der Waals surface area contributed by atoms with Crippen molar-refractivity contribution in [2.24, 2.45) is 5.92 Å². The lowest BCUT2D eigenvalue weighted by atomic mass is 10.0. The van der Waals surface area contributed by atoms with Gasteiger partial charge in [0, 0.05) is 5.56 Å². The van der Waals surface area contributed by atoms with Crippen LogP contribution in [0.5, 0.6) is 11.5 Å². The van der Waals surface area contributed by atoms with Gasteiger partial charge in [-0.2, -0.15) is 0 Å². The highest BCUT2D eigenvalue weighted by molar-refractivity contribution is 5.56. The van der Waals surface area contributed by atoms with Crippen LogP contribution in [0.4, 0.5) is 0 Å². The average Bonchev–Trinajstić information content (AvgIpc) is 2.71. The van der Waals surface area contributed by atoms with Gasteiger partial charge in [-0.15, -0.1) is 0 Å². The summed E-state index contributed by atoms with van der Waals surface area (Å²) in [6, 6.07) is 8.00. The van der Waals surface area contributed by atoms with Crippen LogP contribution in [-0.2, 0) is 0 Å². The van der Waals surface area contributed by atoms with E-state index >= 15 is 0 Å². The monoisotopic (exact) mass is 370 g/mol. The van der Waals surface area contributed by atoms with Gasteiger partial charge in [0.05, 0.1) is 25.6 Å². The number of rotatable bonds is 13. The van der Waals surface area contributed by atoms with Gasteiger partial charge in [0.15, 0.2) is 11.6 Å². The van der Waals surface area contributed by atoms with Crippen molar-refractivity contribution >= 4 is 0 Å². The van der Waals surface area contributed by atoms with Crippen LogP contribution in [0.3, 0.4) is 0 Å². The lowest BCUT2D eigenvalue weighted by Crippen LogP contribution is -2.08. The second-order valence-corrected chi connectivity index (χ2v) is 7.23. The number of ether oxygens (including phenoxy) is 2. The Morgan fingerprint density at radius 1 is 0.815 bits per heavy atom.